The molecule has 2 rings (SSSR count). The molecule has 0 aliphatic rings. The van der Waals surface area contributed by atoms with Crippen molar-refractivity contribution >= 4 is 27.5 Å². The van der Waals surface area contributed by atoms with Crippen LogP contribution in [0.4, 0.5) is 0 Å². The molecule has 0 saturated heterocycles. The number of fused-ring (bicyclic) bond motifs is 1. The highest BCUT2D eigenvalue weighted by atomic mass is 32.1. The summed E-state index contributed by atoms with van der Waals surface area (Å²) < 4.78 is 5.51. The number of aromatic nitrogens is 2. The van der Waals surface area contributed by atoms with Gasteiger partial charge in [-0.2, -0.15) is 0 Å². The van der Waals surface area contributed by atoms with E-state index in [1.165, 1.54) is 11.3 Å². The number of aryl methyl sites for hydroxylation is 3. The Morgan fingerprint density at radius 2 is 1.92 bits per heavy atom. The highest BCUT2D eigenvalue weighted by Gasteiger charge is 2.18. The van der Waals surface area contributed by atoms with E-state index in [2.05, 4.69) is 22.2 Å². The van der Waals surface area contributed by atoms with Gasteiger partial charge in [0.15, 0.2) is 0 Å². The molecule has 5 nitrogen and oxygen atoms in total. The second-order valence-electron chi connectivity index (χ2n) is 5.89. The lowest BCUT2D eigenvalue weighted by molar-refractivity contribution is 0.0944. The molecule has 0 aliphatic heterocycles. The van der Waals surface area contributed by atoms with E-state index in [1.54, 1.807) is 0 Å². The Balaban J connectivity index is 1.97. The number of carbonyl (C=O) groups excluding carboxylic acids is 1. The van der Waals surface area contributed by atoms with Gasteiger partial charge in [-0.25, -0.2) is 9.97 Å². The van der Waals surface area contributed by atoms with E-state index in [1.807, 2.05) is 20.8 Å². The monoisotopic (exact) mass is 349 g/mol. The molecule has 2 aromatic rings. The summed E-state index contributed by atoms with van der Waals surface area (Å²) in [6, 6.07) is 0. The first-order valence-corrected chi connectivity index (χ1v) is 9.52. The van der Waals surface area contributed by atoms with Crippen molar-refractivity contribution in [2.24, 2.45) is 0 Å². The first-order chi connectivity index (χ1) is 11.6. The predicted octanol–water partition coefficient (Wildman–Crippen LogP) is 3.81. The van der Waals surface area contributed by atoms with E-state index >= 15 is 0 Å². The second-order valence-corrected chi connectivity index (χ2v) is 6.89. The first kappa shape index (κ1) is 18.8. The molecule has 0 unspecified atom stereocenters. The van der Waals surface area contributed by atoms with Crippen molar-refractivity contribution in [3.8, 4) is 0 Å². The lowest BCUT2D eigenvalue weighted by Crippen LogP contribution is -2.25. The van der Waals surface area contributed by atoms with Crippen molar-refractivity contribution in [2.45, 2.75) is 53.4 Å². The summed E-state index contributed by atoms with van der Waals surface area (Å²) in [5, 5.41) is 4.00. The van der Waals surface area contributed by atoms with Crippen LogP contribution >= 0.6 is 11.3 Å². The average Bonchev–Trinajstić information content (AvgIpc) is 2.91. The first-order valence-electron chi connectivity index (χ1n) is 8.71. The molecular formula is C18H27N3O2S. The summed E-state index contributed by atoms with van der Waals surface area (Å²) in [5.41, 5.74) is 1.93. The minimum Gasteiger partial charge on any atom is -0.381 e. The molecule has 6 heteroatoms. The van der Waals surface area contributed by atoms with Gasteiger partial charge in [-0.1, -0.05) is 20.3 Å². The molecule has 132 valence electrons. The van der Waals surface area contributed by atoms with Crippen molar-refractivity contribution in [2.75, 3.05) is 19.8 Å². The topological polar surface area (TPSA) is 64.1 Å². The molecule has 24 heavy (non-hydrogen) atoms. The Kier molecular flexibility index (Phi) is 7.12. The van der Waals surface area contributed by atoms with Gasteiger partial charge in [-0.3, -0.25) is 4.79 Å². The Morgan fingerprint density at radius 1 is 1.17 bits per heavy atom. The number of unbranched alkanes of at least 4 members (excludes halogenated alkanes) is 1. The number of hydrogen-bond donors (Lipinski definition) is 1. The quantitative estimate of drug-likeness (QED) is 0.699. The Bertz CT molecular complexity index is 697. The summed E-state index contributed by atoms with van der Waals surface area (Å²) in [6.07, 6.45) is 3.86. The molecule has 0 fully saturated rings. The van der Waals surface area contributed by atoms with Crippen LogP contribution < -0.4 is 5.32 Å². The van der Waals surface area contributed by atoms with E-state index < -0.39 is 0 Å². The second kappa shape index (κ2) is 9.08. The summed E-state index contributed by atoms with van der Waals surface area (Å²) in [5.74, 6) is 0.805. The number of rotatable bonds is 9. The summed E-state index contributed by atoms with van der Waals surface area (Å²) >= 11 is 1.46. The fourth-order valence-corrected chi connectivity index (χ4v) is 3.74. The Hall–Kier alpha value is -1.53. The van der Waals surface area contributed by atoms with Crippen LogP contribution in [0.5, 0.6) is 0 Å². The van der Waals surface area contributed by atoms with Gasteiger partial charge in [0.2, 0.25) is 0 Å². The molecule has 0 bridgehead atoms. The van der Waals surface area contributed by atoms with Gasteiger partial charge >= 0.3 is 0 Å². The zero-order valence-electron chi connectivity index (χ0n) is 15.1. The van der Waals surface area contributed by atoms with E-state index in [0.29, 0.717) is 13.2 Å². The number of ether oxygens (including phenoxy) is 1. The number of nitrogens with zero attached hydrogens (tertiary/aromatic N) is 2. The van der Waals surface area contributed by atoms with E-state index in [9.17, 15) is 4.79 Å². The third-order valence-electron chi connectivity index (χ3n) is 3.93. The fourth-order valence-electron chi connectivity index (χ4n) is 2.57. The van der Waals surface area contributed by atoms with Crippen LogP contribution in [-0.4, -0.2) is 35.6 Å². The predicted molar refractivity (Wildman–Crippen MR) is 98.9 cm³/mol. The third-order valence-corrected chi connectivity index (χ3v) is 5.12. The molecule has 0 radical (unpaired) electrons. The Labute approximate surface area is 147 Å². The number of amides is 1. The largest absolute Gasteiger partial charge is 0.381 e. The van der Waals surface area contributed by atoms with Crippen LogP contribution in [0, 0.1) is 13.8 Å². The normalized spacial score (nSPS) is 11.2. The van der Waals surface area contributed by atoms with Crippen LogP contribution in [0.25, 0.3) is 10.2 Å². The van der Waals surface area contributed by atoms with Crippen molar-refractivity contribution in [3.05, 3.63) is 22.0 Å². The van der Waals surface area contributed by atoms with Crippen LogP contribution in [-0.2, 0) is 11.2 Å². The third kappa shape index (κ3) is 4.51. The average molecular weight is 350 g/mol. The van der Waals surface area contributed by atoms with Gasteiger partial charge in [0, 0.05) is 37.3 Å². The summed E-state index contributed by atoms with van der Waals surface area (Å²) in [7, 11) is 0. The smallest absolute Gasteiger partial charge is 0.261 e. The van der Waals surface area contributed by atoms with Crippen molar-refractivity contribution in [3.63, 3.8) is 0 Å². The Morgan fingerprint density at radius 3 is 2.62 bits per heavy atom. The molecule has 1 amide bonds. The summed E-state index contributed by atoms with van der Waals surface area (Å²) in [6.45, 7) is 10.3. The van der Waals surface area contributed by atoms with Gasteiger partial charge in [0.25, 0.3) is 5.91 Å². The van der Waals surface area contributed by atoms with Crippen molar-refractivity contribution < 1.29 is 9.53 Å². The molecule has 0 atom stereocenters. The van der Waals surface area contributed by atoms with E-state index in [4.69, 9.17) is 4.74 Å². The molecule has 0 aromatic carbocycles. The van der Waals surface area contributed by atoms with Crippen molar-refractivity contribution in [1.82, 2.24) is 15.3 Å². The molecule has 0 aliphatic carbocycles. The zero-order valence-corrected chi connectivity index (χ0v) is 15.9. The fraction of sp³-hybridized carbons (Fsp3) is 0.611. The lowest BCUT2D eigenvalue weighted by atomic mass is 10.1. The zero-order chi connectivity index (χ0) is 17.5. The molecule has 2 aromatic heterocycles. The van der Waals surface area contributed by atoms with E-state index in [-0.39, 0.29) is 5.91 Å². The van der Waals surface area contributed by atoms with Crippen molar-refractivity contribution in [1.29, 1.82) is 0 Å². The molecular weight excluding hydrogens is 322 g/mol. The van der Waals surface area contributed by atoms with Gasteiger partial charge < -0.3 is 10.1 Å². The molecule has 2 heterocycles. The maximum absolute atomic E-state index is 12.4. The highest BCUT2D eigenvalue weighted by Crippen LogP contribution is 2.31. The molecule has 0 saturated carbocycles. The minimum absolute atomic E-state index is 0.0264. The van der Waals surface area contributed by atoms with E-state index in [0.717, 1.165) is 64.5 Å². The van der Waals surface area contributed by atoms with Gasteiger partial charge in [0.05, 0.1) is 4.88 Å². The van der Waals surface area contributed by atoms with Crippen LogP contribution in [0.2, 0.25) is 0 Å². The number of nitrogens with one attached hydrogen (secondary N) is 1. The number of carbonyl (C=O) groups is 1. The van der Waals surface area contributed by atoms with Crippen LogP contribution in [0.15, 0.2) is 0 Å². The maximum atomic E-state index is 12.4. The SMILES string of the molecule is CCCCOCCCNC(=O)c1sc2nc(CC)nc(C)c2c1C. The minimum atomic E-state index is -0.0264. The molecule has 1 N–H and O–H groups in total. The number of thiophene rings is 1. The van der Waals surface area contributed by atoms with Gasteiger partial charge in [-0.15, -0.1) is 11.3 Å². The standard InChI is InChI=1S/C18H27N3O2S/c1-5-7-10-23-11-8-9-19-17(22)16-12(3)15-13(4)20-14(6-2)21-18(15)24-16/h5-11H2,1-4H3,(H,19,22). The lowest BCUT2D eigenvalue weighted by Gasteiger charge is -2.05. The van der Waals surface area contributed by atoms with Crippen LogP contribution in [0.1, 0.15) is 59.9 Å². The summed E-state index contributed by atoms with van der Waals surface area (Å²) in [4.78, 5) is 23.2. The highest BCUT2D eigenvalue weighted by molar-refractivity contribution is 7.20. The van der Waals surface area contributed by atoms with Gasteiger partial charge in [-0.05, 0) is 32.3 Å². The molecule has 0 spiro atoms. The number of hydrogen-bond acceptors (Lipinski definition) is 5. The maximum Gasteiger partial charge on any atom is 0.261 e. The van der Waals surface area contributed by atoms with Crippen LogP contribution in [0.3, 0.4) is 0 Å². The van der Waals surface area contributed by atoms with Gasteiger partial charge in [0.1, 0.15) is 10.7 Å².